The molecule has 2 aromatic carbocycles. The van der Waals surface area contributed by atoms with Crippen molar-refractivity contribution < 1.29 is 24.2 Å². The first kappa shape index (κ1) is 24.3. The highest BCUT2D eigenvalue weighted by Gasteiger charge is 2.36. The number of aliphatic hydroxyl groups excluding tert-OH is 1. The average Bonchev–Trinajstić information content (AvgIpc) is 2.79. The minimum Gasteiger partial charge on any atom is -0.468 e. The summed E-state index contributed by atoms with van der Waals surface area (Å²) >= 11 is 0. The second kappa shape index (κ2) is 12.0. The van der Waals surface area contributed by atoms with Crippen molar-refractivity contribution in [1.29, 1.82) is 0 Å². The molecule has 2 rings (SSSR count). The maximum Gasteiger partial charge on any atom is 0.330 e. The second-order valence-electron chi connectivity index (χ2n) is 7.52. The van der Waals surface area contributed by atoms with Crippen molar-refractivity contribution in [2.75, 3.05) is 14.2 Å². The Kier molecular flexibility index (Phi) is 9.43. The largest absolute Gasteiger partial charge is 0.468 e. The second-order valence-corrected chi connectivity index (χ2v) is 7.52. The Labute approximate surface area is 184 Å². The van der Waals surface area contributed by atoms with Crippen LogP contribution in [0, 0.1) is 5.92 Å². The lowest BCUT2D eigenvalue weighted by Gasteiger charge is -2.35. The fraction of sp³-hybridized carbons (Fsp3) is 0.360. The van der Waals surface area contributed by atoms with Gasteiger partial charge in [0.05, 0.1) is 20.3 Å². The van der Waals surface area contributed by atoms with E-state index in [-0.39, 0.29) is 0 Å². The normalized spacial score (nSPS) is 14.6. The summed E-state index contributed by atoms with van der Waals surface area (Å²) in [4.78, 5) is 26.3. The smallest absolute Gasteiger partial charge is 0.330 e. The number of carbonyl (C=O) groups is 2. The van der Waals surface area contributed by atoms with Crippen LogP contribution in [0.5, 0.6) is 0 Å². The molecule has 3 atom stereocenters. The van der Waals surface area contributed by atoms with Crippen molar-refractivity contribution in [3.8, 4) is 0 Å². The van der Waals surface area contributed by atoms with Crippen molar-refractivity contribution >= 4 is 11.9 Å². The Morgan fingerprint density at radius 1 is 0.935 bits per heavy atom. The third-order valence-electron chi connectivity index (χ3n) is 5.36. The summed E-state index contributed by atoms with van der Waals surface area (Å²) in [5, 5.41) is 11.2. The highest BCUT2D eigenvalue weighted by Crippen LogP contribution is 2.25. The molecule has 1 N–H and O–H groups in total. The number of carbonyl (C=O) groups excluding carboxylic acids is 2. The molecule has 0 radical (unpaired) electrons. The summed E-state index contributed by atoms with van der Waals surface area (Å²) in [5.41, 5.74) is 2.57. The molecule has 31 heavy (non-hydrogen) atoms. The predicted octanol–water partition coefficient (Wildman–Crippen LogP) is 3.35. The maximum absolute atomic E-state index is 12.5. The summed E-state index contributed by atoms with van der Waals surface area (Å²) in [5.74, 6) is -2.18. The van der Waals surface area contributed by atoms with Crippen molar-refractivity contribution in [2.24, 2.45) is 5.92 Å². The number of aliphatic hydroxyl groups is 1. The van der Waals surface area contributed by atoms with Crippen molar-refractivity contribution in [3.05, 3.63) is 83.4 Å². The molecule has 166 valence electrons. The van der Waals surface area contributed by atoms with Crippen LogP contribution >= 0.6 is 0 Å². The van der Waals surface area contributed by atoms with Gasteiger partial charge in [0.15, 0.2) is 0 Å². The van der Waals surface area contributed by atoms with E-state index < -0.39 is 30.0 Å². The highest BCUT2D eigenvalue weighted by molar-refractivity contribution is 5.85. The van der Waals surface area contributed by atoms with Crippen LogP contribution in [0.15, 0.2) is 72.3 Å². The van der Waals surface area contributed by atoms with Crippen LogP contribution in [-0.4, -0.2) is 48.3 Å². The Balaban J connectivity index is 2.34. The zero-order valence-electron chi connectivity index (χ0n) is 18.5. The summed E-state index contributed by atoms with van der Waals surface area (Å²) in [6.45, 7) is 4.66. The number of benzene rings is 2. The Morgan fingerprint density at radius 2 is 1.42 bits per heavy atom. The molecule has 0 saturated heterocycles. The first-order chi connectivity index (χ1) is 14.9. The molecule has 0 amide bonds. The van der Waals surface area contributed by atoms with Gasteiger partial charge in [0.2, 0.25) is 0 Å². The number of hydrogen-bond donors (Lipinski definition) is 1. The lowest BCUT2D eigenvalue weighted by molar-refractivity contribution is -0.149. The fourth-order valence-electron chi connectivity index (χ4n) is 3.53. The van der Waals surface area contributed by atoms with Crippen molar-refractivity contribution in [2.45, 2.75) is 39.1 Å². The van der Waals surface area contributed by atoms with Gasteiger partial charge in [-0.05, 0) is 30.5 Å². The number of nitrogens with zero attached hydrogens (tertiary/aromatic N) is 1. The minimum atomic E-state index is -1.10. The Hall–Kier alpha value is -2.96. The number of rotatable bonds is 10. The van der Waals surface area contributed by atoms with E-state index in [1.165, 1.54) is 20.3 Å². The van der Waals surface area contributed by atoms with Gasteiger partial charge >= 0.3 is 11.9 Å². The topological polar surface area (TPSA) is 76.1 Å². The molecular formula is C25H31NO5. The molecule has 0 aliphatic rings. The molecule has 6 nitrogen and oxygen atoms in total. The lowest BCUT2D eigenvalue weighted by Crippen LogP contribution is -2.47. The monoisotopic (exact) mass is 425 g/mol. The van der Waals surface area contributed by atoms with Crippen LogP contribution in [0.2, 0.25) is 0 Å². The van der Waals surface area contributed by atoms with Gasteiger partial charge in [0.1, 0.15) is 5.92 Å². The van der Waals surface area contributed by atoms with Crippen molar-refractivity contribution in [1.82, 2.24) is 4.90 Å². The molecule has 0 spiro atoms. The van der Waals surface area contributed by atoms with Crippen LogP contribution in [0.3, 0.4) is 0 Å². The molecule has 0 aliphatic heterocycles. The minimum absolute atomic E-state index is 0.387. The van der Waals surface area contributed by atoms with Gasteiger partial charge in [-0.2, -0.15) is 0 Å². The van der Waals surface area contributed by atoms with Crippen molar-refractivity contribution in [3.63, 3.8) is 0 Å². The maximum atomic E-state index is 12.5. The van der Waals surface area contributed by atoms with Crippen LogP contribution < -0.4 is 0 Å². The quantitative estimate of drug-likeness (QED) is 0.465. The molecule has 2 aromatic rings. The molecule has 0 fully saturated rings. The van der Waals surface area contributed by atoms with Crippen LogP contribution in [-0.2, 0) is 32.2 Å². The Morgan fingerprint density at radius 3 is 1.84 bits per heavy atom. The van der Waals surface area contributed by atoms with E-state index in [0.29, 0.717) is 18.7 Å². The van der Waals surface area contributed by atoms with Crippen LogP contribution in [0.25, 0.3) is 0 Å². The van der Waals surface area contributed by atoms with Gasteiger partial charge in [-0.1, -0.05) is 60.7 Å². The fourth-order valence-corrected chi connectivity index (χ4v) is 3.53. The molecule has 0 aliphatic carbocycles. The van der Waals surface area contributed by atoms with E-state index in [1.807, 2.05) is 67.6 Å². The Bertz CT molecular complexity index is 824. The molecule has 0 saturated carbocycles. The molecular weight excluding hydrogens is 394 g/mol. The van der Waals surface area contributed by atoms with Gasteiger partial charge in [-0.3, -0.25) is 9.69 Å². The van der Waals surface area contributed by atoms with E-state index in [9.17, 15) is 14.7 Å². The first-order valence-electron chi connectivity index (χ1n) is 10.2. The summed E-state index contributed by atoms with van der Waals surface area (Å²) in [6.07, 6.45) is 0.122. The number of hydrogen-bond acceptors (Lipinski definition) is 6. The van der Waals surface area contributed by atoms with E-state index in [2.05, 4.69) is 9.64 Å². The van der Waals surface area contributed by atoms with Gasteiger partial charge in [-0.25, -0.2) is 4.79 Å². The first-order valence-corrected chi connectivity index (χ1v) is 10.2. The highest BCUT2D eigenvalue weighted by atomic mass is 16.5. The zero-order valence-corrected chi connectivity index (χ0v) is 18.5. The summed E-state index contributed by atoms with van der Waals surface area (Å²) in [7, 11) is 2.53. The third kappa shape index (κ3) is 7.05. The van der Waals surface area contributed by atoms with E-state index in [1.54, 1.807) is 6.92 Å². The SMILES string of the molecule is COC(=O)/C=C(\C)[C@H](C(=O)OC)[C@@H](O)[C@@H](C)N(Cc1ccccc1)Cc1ccccc1. The molecule has 6 heteroatoms. The zero-order chi connectivity index (χ0) is 22.8. The number of methoxy groups -OCH3 is 2. The van der Waals surface area contributed by atoms with Gasteiger partial charge < -0.3 is 14.6 Å². The van der Waals surface area contributed by atoms with Crippen LogP contribution in [0.4, 0.5) is 0 Å². The molecule has 0 heterocycles. The van der Waals surface area contributed by atoms with Gasteiger partial charge in [-0.15, -0.1) is 0 Å². The molecule has 0 unspecified atom stereocenters. The number of ether oxygens (including phenoxy) is 2. The average molecular weight is 426 g/mol. The molecule has 0 aromatic heterocycles. The van der Waals surface area contributed by atoms with Crippen LogP contribution in [0.1, 0.15) is 25.0 Å². The molecule has 0 bridgehead atoms. The summed E-state index contributed by atoms with van der Waals surface area (Å²) in [6, 6.07) is 19.5. The van der Waals surface area contributed by atoms with E-state index in [4.69, 9.17) is 4.74 Å². The van der Waals surface area contributed by atoms with E-state index >= 15 is 0 Å². The third-order valence-corrected chi connectivity index (χ3v) is 5.36. The summed E-state index contributed by atoms with van der Waals surface area (Å²) < 4.78 is 9.60. The van der Waals surface area contributed by atoms with E-state index in [0.717, 1.165) is 11.1 Å². The van der Waals surface area contributed by atoms with Gasteiger partial charge in [0, 0.05) is 25.2 Å². The number of esters is 2. The predicted molar refractivity (Wildman–Crippen MR) is 119 cm³/mol. The lowest BCUT2D eigenvalue weighted by atomic mass is 9.89. The standard InChI is InChI=1S/C25H31NO5/c1-18(15-22(27)30-3)23(25(29)31-4)24(28)19(2)26(16-20-11-7-5-8-12-20)17-21-13-9-6-10-14-21/h5-15,19,23-24,28H,16-17H2,1-4H3/b18-15+/t19-,23+,24+/m1/s1. The van der Waals surface area contributed by atoms with Gasteiger partial charge in [0.25, 0.3) is 0 Å².